The van der Waals surface area contributed by atoms with Crippen molar-refractivity contribution < 1.29 is 12.8 Å². The third-order valence-corrected chi connectivity index (χ3v) is 5.90. The van der Waals surface area contributed by atoms with E-state index in [1.165, 1.54) is 18.6 Å². The maximum Gasteiger partial charge on any atom is 0.175 e. The summed E-state index contributed by atoms with van der Waals surface area (Å²) in [4.78, 5) is 13.0. The number of fused-ring (bicyclic) bond motifs is 1. The summed E-state index contributed by atoms with van der Waals surface area (Å²) < 4.78 is 37.8. The summed E-state index contributed by atoms with van der Waals surface area (Å²) in [7, 11) is -3.32. The van der Waals surface area contributed by atoms with Crippen LogP contribution in [0.5, 0.6) is 0 Å². The lowest BCUT2D eigenvalue weighted by Gasteiger charge is -2.37. The van der Waals surface area contributed by atoms with E-state index in [4.69, 9.17) is 0 Å². The van der Waals surface area contributed by atoms with Gasteiger partial charge >= 0.3 is 0 Å². The van der Waals surface area contributed by atoms with Gasteiger partial charge in [-0.05, 0) is 30.3 Å². The first kappa shape index (κ1) is 17.7. The minimum Gasteiger partial charge on any atom is -0.366 e. The highest BCUT2D eigenvalue weighted by molar-refractivity contribution is 7.90. The molecule has 1 aromatic heterocycles. The van der Waals surface area contributed by atoms with Crippen LogP contribution in [0.1, 0.15) is 0 Å². The third kappa shape index (κ3) is 3.44. The number of sulfone groups is 1. The molecular weight excluding hydrogens is 367 g/mol. The van der Waals surface area contributed by atoms with Crippen molar-refractivity contribution in [3.63, 3.8) is 0 Å². The van der Waals surface area contributed by atoms with Gasteiger partial charge in [-0.25, -0.2) is 22.8 Å². The quantitative estimate of drug-likeness (QED) is 0.689. The van der Waals surface area contributed by atoms with E-state index >= 15 is 0 Å². The number of aromatic nitrogens is 2. The largest absolute Gasteiger partial charge is 0.366 e. The molecule has 6 nitrogen and oxygen atoms in total. The summed E-state index contributed by atoms with van der Waals surface area (Å²) in [5.74, 6) is 0.481. The normalized spacial score (nSPS) is 15.3. The van der Waals surface area contributed by atoms with Crippen molar-refractivity contribution in [1.29, 1.82) is 0 Å². The van der Waals surface area contributed by atoms with E-state index in [-0.39, 0.29) is 10.7 Å². The summed E-state index contributed by atoms with van der Waals surface area (Å²) in [5.41, 5.74) is 1.30. The Bertz CT molecular complexity index is 1100. The van der Waals surface area contributed by atoms with E-state index in [0.717, 1.165) is 0 Å². The van der Waals surface area contributed by atoms with Crippen LogP contribution in [-0.4, -0.2) is 50.8 Å². The van der Waals surface area contributed by atoms with Crippen LogP contribution in [0, 0.1) is 5.82 Å². The Balaban J connectivity index is 1.63. The van der Waals surface area contributed by atoms with Gasteiger partial charge in [0.05, 0.1) is 16.1 Å². The molecule has 2 heterocycles. The number of halogens is 1. The van der Waals surface area contributed by atoms with Gasteiger partial charge in [-0.3, -0.25) is 0 Å². The van der Waals surface area contributed by atoms with Crippen LogP contribution >= 0.6 is 0 Å². The van der Waals surface area contributed by atoms with Crippen LogP contribution in [-0.2, 0) is 9.84 Å². The number of hydrogen-bond acceptors (Lipinski definition) is 6. The zero-order valence-corrected chi connectivity index (χ0v) is 15.7. The Labute approximate surface area is 157 Å². The lowest BCUT2D eigenvalue weighted by molar-refractivity contribution is 0.596. The molecule has 1 aliphatic rings. The predicted octanol–water partition coefficient (Wildman–Crippen LogP) is 2.50. The molecule has 140 valence electrons. The highest BCUT2D eigenvalue weighted by atomic mass is 32.2. The standard InChI is InChI=1S/C19H19FN4O2S/c1-27(25,26)14-6-7-17-15(12-14)19(22-13-21-17)24-10-8-23(9-11-24)18-5-3-2-4-16(18)20/h2-7,12-13H,8-11H2,1H3. The summed E-state index contributed by atoms with van der Waals surface area (Å²) >= 11 is 0. The molecule has 2 aromatic carbocycles. The molecule has 0 N–H and O–H groups in total. The van der Waals surface area contributed by atoms with Crippen LogP contribution in [0.15, 0.2) is 53.7 Å². The van der Waals surface area contributed by atoms with E-state index in [1.807, 2.05) is 11.0 Å². The number of anilines is 2. The molecule has 0 spiro atoms. The molecule has 0 saturated carbocycles. The number of hydrogen-bond donors (Lipinski definition) is 0. The van der Waals surface area contributed by atoms with E-state index in [2.05, 4.69) is 14.9 Å². The fraction of sp³-hybridized carbons (Fsp3) is 0.263. The first-order valence-electron chi connectivity index (χ1n) is 8.63. The second kappa shape index (κ2) is 6.77. The molecule has 1 saturated heterocycles. The minimum atomic E-state index is -3.32. The van der Waals surface area contributed by atoms with Crippen LogP contribution in [0.4, 0.5) is 15.9 Å². The first-order valence-corrected chi connectivity index (χ1v) is 10.5. The molecule has 27 heavy (non-hydrogen) atoms. The molecule has 1 aliphatic heterocycles. The Kier molecular flexibility index (Phi) is 4.43. The molecule has 3 aromatic rings. The summed E-state index contributed by atoms with van der Waals surface area (Å²) in [6.45, 7) is 2.61. The summed E-state index contributed by atoms with van der Waals surface area (Å²) in [5, 5.41) is 0.708. The molecule has 0 aliphatic carbocycles. The molecule has 8 heteroatoms. The summed E-state index contributed by atoms with van der Waals surface area (Å²) in [6, 6.07) is 11.6. The highest BCUT2D eigenvalue weighted by Crippen LogP contribution is 2.28. The van der Waals surface area contributed by atoms with E-state index in [1.54, 1.807) is 30.3 Å². The van der Waals surface area contributed by atoms with Gasteiger partial charge < -0.3 is 9.80 Å². The Morgan fingerprint density at radius 1 is 0.963 bits per heavy atom. The van der Waals surface area contributed by atoms with Crippen molar-refractivity contribution in [3.8, 4) is 0 Å². The van der Waals surface area contributed by atoms with Gasteiger partial charge in [-0.15, -0.1) is 0 Å². The molecule has 0 radical (unpaired) electrons. The van der Waals surface area contributed by atoms with Crippen LogP contribution in [0.3, 0.4) is 0 Å². The molecule has 4 rings (SSSR count). The van der Waals surface area contributed by atoms with Gasteiger partial charge in [0, 0.05) is 37.8 Å². The molecule has 0 bridgehead atoms. The van der Waals surface area contributed by atoms with Crippen molar-refractivity contribution in [1.82, 2.24) is 9.97 Å². The molecule has 0 amide bonds. The average Bonchev–Trinajstić information content (AvgIpc) is 2.67. The van der Waals surface area contributed by atoms with Gasteiger partial charge in [0.25, 0.3) is 0 Å². The average molecular weight is 386 g/mol. The fourth-order valence-corrected chi connectivity index (χ4v) is 4.02. The number of piperazine rings is 1. The molecular formula is C19H19FN4O2S. The first-order chi connectivity index (χ1) is 12.9. The third-order valence-electron chi connectivity index (χ3n) is 4.79. The minimum absolute atomic E-state index is 0.226. The molecule has 0 atom stereocenters. The SMILES string of the molecule is CS(=O)(=O)c1ccc2ncnc(N3CCN(c4ccccc4F)CC3)c2c1. The summed E-state index contributed by atoms with van der Waals surface area (Å²) in [6.07, 6.45) is 2.67. The number of benzene rings is 2. The number of rotatable bonds is 3. The lowest BCUT2D eigenvalue weighted by Crippen LogP contribution is -2.47. The Morgan fingerprint density at radius 2 is 1.67 bits per heavy atom. The van der Waals surface area contributed by atoms with Crippen LogP contribution in [0.2, 0.25) is 0 Å². The van der Waals surface area contributed by atoms with Crippen molar-refractivity contribution in [2.45, 2.75) is 4.90 Å². The second-order valence-corrected chi connectivity index (χ2v) is 8.59. The molecule has 0 unspecified atom stereocenters. The van der Waals surface area contributed by atoms with Gasteiger partial charge in [-0.2, -0.15) is 0 Å². The zero-order chi connectivity index (χ0) is 19.0. The van der Waals surface area contributed by atoms with Crippen molar-refractivity contribution in [2.75, 3.05) is 42.2 Å². The van der Waals surface area contributed by atoms with Crippen molar-refractivity contribution in [2.24, 2.45) is 0 Å². The number of nitrogens with zero attached hydrogens (tertiary/aromatic N) is 4. The maximum absolute atomic E-state index is 14.0. The number of para-hydroxylation sites is 1. The van der Waals surface area contributed by atoms with Crippen molar-refractivity contribution >= 4 is 32.2 Å². The lowest BCUT2D eigenvalue weighted by atomic mass is 10.2. The zero-order valence-electron chi connectivity index (χ0n) is 14.8. The van der Waals surface area contributed by atoms with Crippen LogP contribution < -0.4 is 9.80 Å². The van der Waals surface area contributed by atoms with Crippen molar-refractivity contribution in [3.05, 3.63) is 54.6 Å². The van der Waals surface area contributed by atoms with Gasteiger partial charge in [0.15, 0.2) is 9.84 Å². The van der Waals surface area contributed by atoms with Gasteiger partial charge in [0.2, 0.25) is 0 Å². The van der Waals surface area contributed by atoms with Crippen LogP contribution in [0.25, 0.3) is 10.9 Å². The monoisotopic (exact) mass is 386 g/mol. The van der Waals surface area contributed by atoms with E-state index in [0.29, 0.717) is 48.6 Å². The second-order valence-electron chi connectivity index (χ2n) is 6.57. The topological polar surface area (TPSA) is 66.4 Å². The predicted molar refractivity (Wildman–Crippen MR) is 103 cm³/mol. The maximum atomic E-state index is 14.0. The Morgan fingerprint density at radius 3 is 2.37 bits per heavy atom. The van der Waals surface area contributed by atoms with Gasteiger partial charge in [0.1, 0.15) is 18.0 Å². The highest BCUT2D eigenvalue weighted by Gasteiger charge is 2.22. The van der Waals surface area contributed by atoms with E-state index in [9.17, 15) is 12.8 Å². The Hall–Kier alpha value is -2.74. The fourth-order valence-electron chi connectivity index (χ4n) is 3.37. The smallest absolute Gasteiger partial charge is 0.175 e. The molecule has 1 fully saturated rings. The van der Waals surface area contributed by atoms with Gasteiger partial charge in [-0.1, -0.05) is 12.1 Å². The van der Waals surface area contributed by atoms with E-state index < -0.39 is 9.84 Å².